The number of nitrogens with one attached hydrogen (secondary N) is 4. The summed E-state index contributed by atoms with van der Waals surface area (Å²) in [6.07, 6.45) is 1.78. The van der Waals surface area contributed by atoms with E-state index in [1.165, 1.54) is 70.9 Å². The fourth-order valence-electron chi connectivity index (χ4n) is 10.7. The highest BCUT2D eigenvalue weighted by molar-refractivity contribution is 5.90. The summed E-state index contributed by atoms with van der Waals surface area (Å²) in [6, 6.07) is 97.2. The Hall–Kier alpha value is -10.2. The molecular formula is C77H69N5O. The van der Waals surface area contributed by atoms with E-state index < -0.39 is 0 Å². The van der Waals surface area contributed by atoms with Gasteiger partial charge in [-0.2, -0.15) is 0 Å². The van der Waals surface area contributed by atoms with Crippen molar-refractivity contribution < 1.29 is 4.74 Å². The maximum Gasteiger partial charge on any atom is 0.130 e. The van der Waals surface area contributed by atoms with E-state index in [0.29, 0.717) is 0 Å². The number of hydrogen-bond acceptors (Lipinski definition) is 6. The third-order valence-electron chi connectivity index (χ3n) is 15.2. The van der Waals surface area contributed by atoms with E-state index >= 15 is 0 Å². The molecule has 0 spiro atoms. The number of nitrogens with zero attached hydrogens (tertiary/aromatic N) is 1. The van der Waals surface area contributed by atoms with Crippen LogP contribution in [0.5, 0.6) is 5.75 Å². The molecule has 408 valence electrons. The molecule has 0 unspecified atom stereocenters. The van der Waals surface area contributed by atoms with Gasteiger partial charge in [-0.1, -0.05) is 204 Å². The van der Waals surface area contributed by atoms with E-state index in [-0.39, 0.29) is 10.8 Å². The van der Waals surface area contributed by atoms with Gasteiger partial charge >= 0.3 is 0 Å². The standard InChI is InChI=1S/C25H21N.C20H21N.C17H15NO.C15H12N2/c1-25(2)23-10-6-5-9-21(23)22-14-13-20(16-24(22)25)26-19-12-11-17-7-3-4-8-18(17)15-19;1-20(2,3)17-9-12-18(13-10-17)21-19-11-8-15-6-4-5-7-16(15)14-19;1-19-17-10-8-15(9-11-17)18-16-7-6-13-4-2-3-5-14(13)12-16;1-2-6-13-11-14(9-8-12(13)5-1)17-15-7-3-4-10-16-15/h3-16,26H,1-2H3;4-14,21H,1-3H3;2-12,18H,1H3;1-11H,(H,16,17). The third-order valence-corrected chi connectivity index (χ3v) is 15.2. The summed E-state index contributed by atoms with van der Waals surface area (Å²) < 4.78 is 5.15. The monoisotopic (exact) mass is 1080 g/mol. The van der Waals surface area contributed by atoms with Crippen LogP contribution in [0.25, 0.3) is 54.2 Å². The van der Waals surface area contributed by atoms with Crippen LogP contribution in [0.2, 0.25) is 0 Å². The minimum atomic E-state index is 0.0347. The first kappa shape index (κ1) is 54.8. The normalized spacial score (nSPS) is 11.8. The predicted molar refractivity (Wildman–Crippen MR) is 355 cm³/mol. The molecule has 1 heterocycles. The molecule has 6 heteroatoms. The third kappa shape index (κ3) is 13.4. The lowest BCUT2D eigenvalue weighted by Crippen LogP contribution is -2.15. The molecule has 0 bridgehead atoms. The van der Waals surface area contributed by atoms with Crippen molar-refractivity contribution in [2.75, 3.05) is 28.4 Å². The molecule has 0 atom stereocenters. The molecule has 6 nitrogen and oxygen atoms in total. The molecule has 0 radical (unpaired) electrons. The van der Waals surface area contributed by atoms with Gasteiger partial charge in [0.2, 0.25) is 0 Å². The Labute approximate surface area is 488 Å². The van der Waals surface area contributed by atoms with E-state index in [1.54, 1.807) is 13.3 Å². The summed E-state index contributed by atoms with van der Waals surface area (Å²) in [5.74, 6) is 1.73. The average molecular weight is 1080 g/mol. The number of aromatic nitrogens is 1. The van der Waals surface area contributed by atoms with Crippen molar-refractivity contribution in [1.29, 1.82) is 0 Å². The lowest BCUT2D eigenvalue weighted by molar-refractivity contribution is 0.415. The lowest BCUT2D eigenvalue weighted by atomic mass is 9.82. The minimum Gasteiger partial charge on any atom is -0.497 e. The smallest absolute Gasteiger partial charge is 0.130 e. The van der Waals surface area contributed by atoms with Gasteiger partial charge in [0, 0.05) is 51.4 Å². The van der Waals surface area contributed by atoms with Crippen LogP contribution in [0, 0.1) is 0 Å². The van der Waals surface area contributed by atoms with Gasteiger partial charge in [0.05, 0.1) is 7.11 Å². The topological polar surface area (TPSA) is 70.2 Å². The molecule has 83 heavy (non-hydrogen) atoms. The van der Waals surface area contributed by atoms with Gasteiger partial charge in [0.15, 0.2) is 0 Å². The molecule has 0 amide bonds. The molecule has 0 saturated heterocycles. The lowest BCUT2D eigenvalue weighted by Gasteiger charge is -2.22. The number of ether oxygens (including phenoxy) is 1. The Morgan fingerprint density at radius 1 is 0.325 bits per heavy atom. The zero-order chi connectivity index (χ0) is 57.2. The highest BCUT2D eigenvalue weighted by Gasteiger charge is 2.35. The average Bonchev–Trinajstić information content (AvgIpc) is 3.52. The van der Waals surface area contributed by atoms with Gasteiger partial charge in [0.1, 0.15) is 11.6 Å². The summed E-state index contributed by atoms with van der Waals surface area (Å²) in [7, 11) is 1.67. The van der Waals surface area contributed by atoms with Crippen molar-refractivity contribution in [2.45, 2.75) is 45.4 Å². The zero-order valence-electron chi connectivity index (χ0n) is 48.0. The number of rotatable bonds is 9. The van der Waals surface area contributed by atoms with Crippen LogP contribution in [0.3, 0.4) is 0 Å². The molecule has 1 aromatic heterocycles. The maximum absolute atomic E-state index is 5.15. The van der Waals surface area contributed by atoms with Crippen molar-refractivity contribution in [3.05, 3.63) is 302 Å². The number of pyridine rings is 1. The second-order valence-electron chi connectivity index (χ2n) is 22.4. The second kappa shape index (κ2) is 24.7. The first-order valence-electron chi connectivity index (χ1n) is 28.4. The van der Waals surface area contributed by atoms with E-state index in [2.05, 4.69) is 285 Å². The van der Waals surface area contributed by atoms with Crippen LogP contribution in [0.1, 0.15) is 51.3 Å². The van der Waals surface area contributed by atoms with Gasteiger partial charge in [-0.15, -0.1) is 0 Å². The Kier molecular flexibility index (Phi) is 16.3. The quantitative estimate of drug-likeness (QED) is 0.115. The van der Waals surface area contributed by atoms with Crippen molar-refractivity contribution in [3.63, 3.8) is 0 Å². The highest BCUT2D eigenvalue weighted by Crippen LogP contribution is 2.49. The molecular weight excluding hydrogens is 1010 g/mol. The Morgan fingerprint density at radius 2 is 0.687 bits per heavy atom. The summed E-state index contributed by atoms with van der Waals surface area (Å²) >= 11 is 0. The number of benzene rings is 12. The van der Waals surface area contributed by atoms with Crippen LogP contribution in [-0.2, 0) is 10.8 Å². The van der Waals surface area contributed by atoms with E-state index in [9.17, 15) is 0 Å². The minimum absolute atomic E-state index is 0.0347. The Balaban J connectivity index is 0.000000117. The van der Waals surface area contributed by atoms with Gasteiger partial charge in [0.25, 0.3) is 0 Å². The predicted octanol–water partition coefficient (Wildman–Crippen LogP) is 21.3. The van der Waals surface area contributed by atoms with E-state index in [4.69, 9.17) is 4.74 Å². The maximum atomic E-state index is 5.15. The van der Waals surface area contributed by atoms with Gasteiger partial charge < -0.3 is 26.0 Å². The molecule has 12 aromatic carbocycles. The zero-order valence-corrected chi connectivity index (χ0v) is 48.0. The summed E-state index contributed by atoms with van der Waals surface area (Å²) in [5.41, 5.74) is 14.8. The van der Waals surface area contributed by atoms with Gasteiger partial charge in [-0.25, -0.2) is 4.98 Å². The second-order valence-corrected chi connectivity index (χ2v) is 22.4. The van der Waals surface area contributed by atoms with Crippen molar-refractivity contribution >= 4 is 88.7 Å². The fourth-order valence-corrected chi connectivity index (χ4v) is 10.7. The number of hydrogen-bond donors (Lipinski definition) is 4. The molecule has 0 fully saturated rings. The molecule has 14 rings (SSSR count). The largest absolute Gasteiger partial charge is 0.497 e. The van der Waals surface area contributed by atoms with Crippen LogP contribution >= 0.6 is 0 Å². The van der Waals surface area contributed by atoms with Gasteiger partial charge in [-0.05, 0) is 186 Å². The molecule has 0 aliphatic heterocycles. The Bertz CT molecular complexity index is 4320. The molecule has 1 aliphatic rings. The molecule has 4 N–H and O–H groups in total. The van der Waals surface area contributed by atoms with Crippen molar-refractivity contribution in [2.24, 2.45) is 0 Å². The molecule has 13 aromatic rings. The van der Waals surface area contributed by atoms with Gasteiger partial charge in [-0.3, -0.25) is 0 Å². The first-order chi connectivity index (χ1) is 40.4. The van der Waals surface area contributed by atoms with Crippen molar-refractivity contribution in [1.82, 2.24) is 4.98 Å². The molecule has 1 aliphatic carbocycles. The van der Waals surface area contributed by atoms with Crippen LogP contribution in [0.4, 0.5) is 45.6 Å². The number of methoxy groups -OCH3 is 1. The van der Waals surface area contributed by atoms with Crippen LogP contribution < -0.4 is 26.0 Å². The SMILES string of the molecule is CC(C)(C)c1ccc(Nc2ccc3ccccc3c2)cc1.CC1(C)c2ccccc2-c2ccc(Nc3ccc4ccccc4c3)cc21.COc1ccc(Nc2ccc3ccccc3c2)cc1.c1ccc(Nc2ccc3ccccc3c2)nc1. The first-order valence-corrected chi connectivity index (χ1v) is 28.4. The van der Waals surface area contributed by atoms with Crippen molar-refractivity contribution in [3.8, 4) is 16.9 Å². The molecule has 0 saturated carbocycles. The Morgan fingerprint density at radius 3 is 1.13 bits per heavy atom. The number of anilines is 8. The van der Waals surface area contributed by atoms with E-state index in [0.717, 1.165) is 51.4 Å². The fraction of sp³-hybridized carbons (Fsp3) is 0.104. The summed E-state index contributed by atoms with van der Waals surface area (Å²) in [4.78, 5) is 4.24. The summed E-state index contributed by atoms with van der Waals surface area (Å²) in [5, 5.41) is 23.8. The highest BCUT2D eigenvalue weighted by atomic mass is 16.5. The number of fused-ring (bicyclic) bond motifs is 7. The summed E-state index contributed by atoms with van der Waals surface area (Å²) in [6.45, 7) is 11.3. The van der Waals surface area contributed by atoms with Crippen LogP contribution in [-0.4, -0.2) is 12.1 Å². The van der Waals surface area contributed by atoms with E-state index in [1.807, 2.05) is 54.6 Å². The van der Waals surface area contributed by atoms with Crippen LogP contribution in [0.15, 0.2) is 285 Å².